The van der Waals surface area contributed by atoms with Crippen LogP contribution in [0.2, 0.25) is 0 Å². The van der Waals surface area contributed by atoms with Crippen LogP contribution in [0.4, 0.5) is 0 Å². The predicted octanol–water partition coefficient (Wildman–Crippen LogP) is 2.92. The first-order valence-electron chi connectivity index (χ1n) is 5.23. The zero-order chi connectivity index (χ0) is 11.1. The SMILES string of the molecule is COc1cccc(C(=O)C2CC2(C)C)c1. The van der Waals surface area contributed by atoms with E-state index in [2.05, 4.69) is 13.8 Å². The van der Waals surface area contributed by atoms with Crippen LogP contribution in [0.5, 0.6) is 5.75 Å². The van der Waals surface area contributed by atoms with Gasteiger partial charge < -0.3 is 4.74 Å². The molecule has 0 N–H and O–H groups in total. The first-order chi connectivity index (χ1) is 7.04. The van der Waals surface area contributed by atoms with Crippen molar-refractivity contribution in [3.05, 3.63) is 29.8 Å². The standard InChI is InChI=1S/C13H16O2/c1-13(2)8-11(13)12(14)9-5-4-6-10(7-9)15-3/h4-7,11H,8H2,1-3H3. The molecular formula is C13H16O2. The van der Waals surface area contributed by atoms with E-state index in [9.17, 15) is 4.79 Å². The van der Waals surface area contributed by atoms with Crippen molar-refractivity contribution in [3.8, 4) is 5.75 Å². The van der Waals surface area contributed by atoms with Gasteiger partial charge in [0.2, 0.25) is 0 Å². The molecule has 1 atom stereocenters. The Morgan fingerprint density at radius 1 is 1.47 bits per heavy atom. The number of hydrogen-bond acceptors (Lipinski definition) is 2. The average molecular weight is 204 g/mol. The maximum absolute atomic E-state index is 12.0. The molecule has 0 bridgehead atoms. The van der Waals surface area contributed by atoms with Crippen molar-refractivity contribution in [1.82, 2.24) is 0 Å². The second-order valence-corrected chi connectivity index (χ2v) is 4.84. The summed E-state index contributed by atoms with van der Waals surface area (Å²) >= 11 is 0. The minimum absolute atomic E-state index is 0.195. The van der Waals surface area contributed by atoms with Crippen LogP contribution >= 0.6 is 0 Å². The molecule has 2 nitrogen and oxygen atoms in total. The lowest BCUT2D eigenvalue weighted by molar-refractivity contribution is 0.0953. The molecular weight excluding hydrogens is 188 g/mol. The maximum Gasteiger partial charge on any atom is 0.166 e. The van der Waals surface area contributed by atoms with Crippen LogP contribution in [0, 0.1) is 11.3 Å². The van der Waals surface area contributed by atoms with Crippen LogP contribution in [0.15, 0.2) is 24.3 Å². The number of Topliss-reactive ketones (excluding diaryl/α,β-unsaturated/α-hetero) is 1. The van der Waals surface area contributed by atoms with Crippen molar-refractivity contribution < 1.29 is 9.53 Å². The summed E-state index contributed by atoms with van der Waals surface area (Å²) in [6, 6.07) is 7.40. The first-order valence-corrected chi connectivity index (χ1v) is 5.23. The summed E-state index contributed by atoms with van der Waals surface area (Å²) in [5.74, 6) is 1.20. The van der Waals surface area contributed by atoms with E-state index < -0.39 is 0 Å². The minimum atomic E-state index is 0.195. The summed E-state index contributed by atoms with van der Waals surface area (Å²) in [5.41, 5.74) is 0.963. The Morgan fingerprint density at radius 2 is 2.13 bits per heavy atom. The third-order valence-corrected chi connectivity index (χ3v) is 3.18. The van der Waals surface area contributed by atoms with Gasteiger partial charge >= 0.3 is 0 Å². The van der Waals surface area contributed by atoms with E-state index in [0.29, 0.717) is 0 Å². The van der Waals surface area contributed by atoms with Crippen molar-refractivity contribution in [2.45, 2.75) is 20.3 Å². The van der Waals surface area contributed by atoms with Gasteiger partial charge in [0.25, 0.3) is 0 Å². The Kier molecular flexibility index (Phi) is 2.29. The fourth-order valence-corrected chi connectivity index (χ4v) is 1.89. The number of carbonyl (C=O) groups excluding carboxylic acids is 1. The molecule has 15 heavy (non-hydrogen) atoms. The normalized spacial score (nSPS) is 22.2. The Bertz CT molecular complexity index is 393. The Balaban J connectivity index is 2.19. The minimum Gasteiger partial charge on any atom is -0.497 e. The van der Waals surface area contributed by atoms with Gasteiger partial charge in [-0.3, -0.25) is 4.79 Å². The highest BCUT2D eigenvalue weighted by Gasteiger charge is 2.50. The smallest absolute Gasteiger partial charge is 0.166 e. The van der Waals surface area contributed by atoms with Gasteiger partial charge in [-0.1, -0.05) is 26.0 Å². The van der Waals surface area contributed by atoms with E-state index >= 15 is 0 Å². The van der Waals surface area contributed by atoms with Gasteiger partial charge in [0.1, 0.15) is 5.75 Å². The zero-order valence-corrected chi connectivity index (χ0v) is 9.41. The number of carbonyl (C=O) groups is 1. The first kappa shape index (κ1) is 10.2. The van der Waals surface area contributed by atoms with Crippen LogP contribution < -0.4 is 4.74 Å². The molecule has 1 unspecified atom stereocenters. The molecule has 0 amide bonds. The number of methoxy groups -OCH3 is 1. The van der Waals surface area contributed by atoms with Gasteiger partial charge in [0.05, 0.1) is 7.11 Å². The third kappa shape index (κ3) is 1.89. The van der Waals surface area contributed by atoms with Crippen molar-refractivity contribution in [3.63, 3.8) is 0 Å². The van der Waals surface area contributed by atoms with Gasteiger partial charge in [-0.2, -0.15) is 0 Å². The molecule has 1 aromatic rings. The van der Waals surface area contributed by atoms with Crippen molar-refractivity contribution in [2.24, 2.45) is 11.3 Å². The van der Waals surface area contributed by atoms with Crippen LogP contribution in [-0.4, -0.2) is 12.9 Å². The number of hydrogen-bond donors (Lipinski definition) is 0. The molecule has 80 valence electrons. The fourth-order valence-electron chi connectivity index (χ4n) is 1.89. The quantitative estimate of drug-likeness (QED) is 0.707. The highest BCUT2D eigenvalue weighted by atomic mass is 16.5. The van der Waals surface area contributed by atoms with E-state index in [0.717, 1.165) is 17.7 Å². The highest BCUT2D eigenvalue weighted by Crippen LogP contribution is 2.53. The molecule has 0 heterocycles. The van der Waals surface area contributed by atoms with E-state index in [1.54, 1.807) is 7.11 Å². The number of ketones is 1. The average Bonchev–Trinajstić information content (AvgIpc) is 2.87. The van der Waals surface area contributed by atoms with Gasteiger partial charge in [-0.05, 0) is 24.0 Å². The van der Waals surface area contributed by atoms with Crippen LogP contribution in [0.1, 0.15) is 30.6 Å². The molecule has 0 spiro atoms. The summed E-state index contributed by atoms with van der Waals surface area (Å²) < 4.78 is 5.10. The molecule has 2 heteroatoms. The highest BCUT2D eigenvalue weighted by molar-refractivity contribution is 6.00. The van der Waals surface area contributed by atoms with E-state index in [1.807, 2.05) is 24.3 Å². The van der Waals surface area contributed by atoms with E-state index in [-0.39, 0.29) is 17.1 Å². The number of ether oxygens (including phenoxy) is 1. The molecule has 0 aromatic heterocycles. The van der Waals surface area contributed by atoms with Crippen LogP contribution in [0.25, 0.3) is 0 Å². The molecule has 1 aromatic carbocycles. The predicted molar refractivity (Wildman–Crippen MR) is 59.2 cm³/mol. The number of rotatable bonds is 3. The molecule has 0 aliphatic heterocycles. The lowest BCUT2D eigenvalue weighted by Crippen LogP contribution is -2.06. The lowest BCUT2D eigenvalue weighted by atomic mass is 10.0. The number of benzene rings is 1. The lowest BCUT2D eigenvalue weighted by Gasteiger charge is -2.05. The zero-order valence-electron chi connectivity index (χ0n) is 9.41. The largest absolute Gasteiger partial charge is 0.497 e. The topological polar surface area (TPSA) is 26.3 Å². The molecule has 1 fully saturated rings. The second-order valence-electron chi connectivity index (χ2n) is 4.84. The van der Waals surface area contributed by atoms with Crippen molar-refractivity contribution >= 4 is 5.78 Å². The molecule has 1 aliphatic carbocycles. The molecule has 1 aliphatic rings. The summed E-state index contributed by atoms with van der Waals surface area (Å²) in [4.78, 5) is 12.0. The summed E-state index contributed by atoms with van der Waals surface area (Å²) in [6.07, 6.45) is 1.00. The summed E-state index contributed by atoms with van der Waals surface area (Å²) in [7, 11) is 1.62. The maximum atomic E-state index is 12.0. The third-order valence-electron chi connectivity index (χ3n) is 3.18. The van der Waals surface area contributed by atoms with E-state index in [4.69, 9.17) is 4.74 Å². The Hall–Kier alpha value is -1.31. The Labute approximate surface area is 90.3 Å². The fraction of sp³-hybridized carbons (Fsp3) is 0.462. The molecule has 2 rings (SSSR count). The van der Waals surface area contributed by atoms with Crippen LogP contribution in [0.3, 0.4) is 0 Å². The Morgan fingerprint density at radius 3 is 2.67 bits per heavy atom. The van der Waals surface area contributed by atoms with Crippen molar-refractivity contribution in [1.29, 1.82) is 0 Å². The van der Waals surface area contributed by atoms with Gasteiger partial charge in [-0.15, -0.1) is 0 Å². The molecule has 1 saturated carbocycles. The van der Waals surface area contributed by atoms with Crippen molar-refractivity contribution in [2.75, 3.05) is 7.11 Å². The summed E-state index contributed by atoms with van der Waals surface area (Å²) in [5, 5.41) is 0. The molecule has 0 saturated heterocycles. The van der Waals surface area contributed by atoms with Crippen LogP contribution in [-0.2, 0) is 0 Å². The van der Waals surface area contributed by atoms with Gasteiger partial charge in [0, 0.05) is 11.5 Å². The van der Waals surface area contributed by atoms with Gasteiger partial charge in [-0.25, -0.2) is 0 Å². The second kappa shape index (κ2) is 3.37. The summed E-state index contributed by atoms with van der Waals surface area (Å²) in [6.45, 7) is 4.27. The molecule has 0 radical (unpaired) electrons. The van der Waals surface area contributed by atoms with Gasteiger partial charge in [0.15, 0.2) is 5.78 Å². The van der Waals surface area contributed by atoms with E-state index in [1.165, 1.54) is 0 Å². The monoisotopic (exact) mass is 204 g/mol.